The van der Waals surface area contributed by atoms with E-state index in [0.717, 1.165) is 12.0 Å². The molecule has 0 amide bonds. The topological polar surface area (TPSA) is 64.7 Å². The fourth-order valence-electron chi connectivity index (χ4n) is 1.77. The van der Waals surface area contributed by atoms with Gasteiger partial charge in [-0.3, -0.25) is 0 Å². The Labute approximate surface area is 95.0 Å². The second-order valence-electron chi connectivity index (χ2n) is 4.13. The van der Waals surface area contributed by atoms with Crippen molar-refractivity contribution in [3.05, 3.63) is 17.7 Å². The molecule has 1 atom stereocenters. The van der Waals surface area contributed by atoms with Gasteiger partial charge in [0.25, 0.3) is 0 Å². The molecule has 1 aromatic carbocycles. The summed E-state index contributed by atoms with van der Waals surface area (Å²) < 4.78 is 11.0. The van der Waals surface area contributed by atoms with E-state index in [1.807, 2.05) is 19.1 Å². The lowest BCUT2D eigenvalue weighted by Gasteiger charge is -2.13. The maximum atomic E-state index is 10.0. The summed E-state index contributed by atoms with van der Waals surface area (Å²) in [5.74, 6) is 1.23. The van der Waals surface area contributed by atoms with E-state index >= 15 is 0 Å². The first-order valence-electron chi connectivity index (χ1n) is 5.54. The molecule has 1 aliphatic rings. The van der Waals surface area contributed by atoms with Gasteiger partial charge in [0.15, 0.2) is 11.5 Å². The van der Waals surface area contributed by atoms with Gasteiger partial charge in [-0.2, -0.15) is 0 Å². The van der Waals surface area contributed by atoms with Crippen LogP contribution in [0.2, 0.25) is 0 Å². The van der Waals surface area contributed by atoms with Crippen LogP contribution in [0.5, 0.6) is 17.2 Å². The molecule has 16 heavy (non-hydrogen) atoms. The first-order valence-corrected chi connectivity index (χ1v) is 5.54. The molecule has 1 heterocycles. The molecule has 0 aliphatic carbocycles. The highest BCUT2D eigenvalue weighted by Gasteiger charge is 2.18. The molecule has 0 spiro atoms. The van der Waals surface area contributed by atoms with E-state index in [-0.39, 0.29) is 11.8 Å². The lowest BCUT2D eigenvalue weighted by Crippen LogP contribution is -2.17. The molecule has 0 bridgehead atoms. The Kier molecular flexibility index (Phi) is 3.19. The fourth-order valence-corrected chi connectivity index (χ4v) is 1.77. The van der Waals surface area contributed by atoms with Crippen LogP contribution in [0, 0.1) is 0 Å². The number of phenolic OH excluding ortho intramolecular Hbond substituents is 1. The van der Waals surface area contributed by atoms with E-state index in [9.17, 15) is 5.11 Å². The molecule has 1 unspecified atom stereocenters. The number of ether oxygens (including phenoxy) is 2. The van der Waals surface area contributed by atoms with Crippen molar-refractivity contribution in [2.45, 2.75) is 25.8 Å². The second kappa shape index (κ2) is 4.61. The van der Waals surface area contributed by atoms with Crippen LogP contribution in [0.3, 0.4) is 0 Å². The summed E-state index contributed by atoms with van der Waals surface area (Å²) in [5, 5.41) is 10.0. The Balaban J connectivity index is 2.33. The third kappa shape index (κ3) is 2.22. The molecule has 2 rings (SSSR count). The van der Waals surface area contributed by atoms with Gasteiger partial charge in [0.05, 0.1) is 13.2 Å². The average molecular weight is 223 g/mol. The van der Waals surface area contributed by atoms with Crippen molar-refractivity contribution in [3.63, 3.8) is 0 Å². The standard InChI is InChI=1S/C12H17NO3/c1-8(13)7-9-3-4-10-12(11(9)14)16-6-2-5-15-10/h3-4,8,14H,2,5-7,13H2,1H3. The van der Waals surface area contributed by atoms with E-state index in [1.165, 1.54) is 0 Å². The second-order valence-corrected chi connectivity index (χ2v) is 4.13. The van der Waals surface area contributed by atoms with E-state index in [2.05, 4.69) is 0 Å². The number of hydrogen-bond donors (Lipinski definition) is 2. The number of fused-ring (bicyclic) bond motifs is 1. The van der Waals surface area contributed by atoms with E-state index in [1.54, 1.807) is 0 Å². The molecule has 4 nitrogen and oxygen atoms in total. The van der Waals surface area contributed by atoms with Crippen LogP contribution >= 0.6 is 0 Å². The molecule has 4 heteroatoms. The summed E-state index contributed by atoms with van der Waals surface area (Å²) in [7, 11) is 0. The van der Waals surface area contributed by atoms with Gasteiger partial charge in [-0.1, -0.05) is 6.07 Å². The minimum atomic E-state index is 0.00986. The monoisotopic (exact) mass is 223 g/mol. The number of nitrogens with two attached hydrogens (primary N) is 1. The van der Waals surface area contributed by atoms with Crippen LogP contribution in [0.4, 0.5) is 0 Å². The average Bonchev–Trinajstić information content (AvgIpc) is 2.47. The third-order valence-electron chi connectivity index (χ3n) is 2.51. The van der Waals surface area contributed by atoms with E-state index in [0.29, 0.717) is 31.1 Å². The molecular weight excluding hydrogens is 206 g/mol. The maximum Gasteiger partial charge on any atom is 0.203 e. The molecular formula is C12H17NO3. The van der Waals surface area contributed by atoms with Crippen molar-refractivity contribution in [2.24, 2.45) is 5.73 Å². The summed E-state index contributed by atoms with van der Waals surface area (Å²) >= 11 is 0. The molecule has 0 saturated carbocycles. The number of aromatic hydroxyl groups is 1. The summed E-state index contributed by atoms with van der Waals surface area (Å²) in [5.41, 5.74) is 6.52. The molecule has 1 aliphatic heterocycles. The fraction of sp³-hybridized carbons (Fsp3) is 0.500. The third-order valence-corrected chi connectivity index (χ3v) is 2.51. The molecule has 1 aromatic rings. The summed E-state index contributed by atoms with van der Waals surface area (Å²) in [6, 6.07) is 3.68. The van der Waals surface area contributed by atoms with Gasteiger partial charge in [-0.25, -0.2) is 0 Å². The maximum absolute atomic E-state index is 10.0. The van der Waals surface area contributed by atoms with Gasteiger partial charge < -0.3 is 20.3 Å². The minimum absolute atomic E-state index is 0.00986. The van der Waals surface area contributed by atoms with Gasteiger partial charge in [0.2, 0.25) is 5.75 Å². The number of phenols is 1. The lowest BCUT2D eigenvalue weighted by atomic mass is 10.1. The van der Waals surface area contributed by atoms with Crippen LogP contribution < -0.4 is 15.2 Å². The SMILES string of the molecule is CC(N)Cc1ccc2c(c1O)OCCCO2. The van der Waals surface area contributed by atoms with Crippen LogP contribution in [0.15, 0.2) is 12.1 Å². The zero-order chi connectivity index (χ0) is 11.5. The van der Waals surface area contributed by atoms with Gasteiger partial charge in [-0.15, -0.1) is 0 Å². The lowest BCUT2D eigenvalue weighted by molar-refractivity contribution is 0.291. The largest absolute Gasteiger partial charge is 0.504 e. The Morgan fingerprint density at radius 3 is 2.88 bits per heavy atom. The highest BCUT2D eigenvalue weighted by Crippen LogP contribution is 2.40. The molecule has 0 aromatic heterocycles. The molecule has 0 saturated heterocycles. The highest BCUT2D eigenvalue weighted by atomic mass is 16.5. The Hall–Kier alpha value is -1.42. The van der Waals surface area contributed by atoms with Crippen LogP contribution in [-0.4, -0.2) is 24.4 Å². The predicted molar refractivity (Wildman–Crippen MR) is 61.1 cm³/mol. The predicted octanol–water partition coefficient (Wildman–Crippen LogP) is 1.44. The van der Waals surface area contributed by atoms with Gasteiger partial charge in [0, 0.05) is 12.5 Å². The molecule has 0 radical (unpaired) electrons. The normalized spacial score (nSPS) is 16.6. The van der Waals surface area contributed by atoms with Crippen molar-refractivity contribution in [3.8, 4) is 17.2 Å². The van der Waals surface area contributed by atoms with Gasteiger partial charge in [0.1, 0.15) is 0 Å². The number of benzene rings is 1. The number of rotatable bonds is 2. The number of hydrogen-bond acceptors (Lipinski definition) is 4. The van der Waals surface area contributed by atoms with Crippen LogP contribution in [-0.2, 0) is 6.42 Å². The smallest absolute Gasteiger partial charge is 0.203 e. The summed E-state index contributed by atoms with van der Waals surface area (Å²) in [6.07, 6.45) is 1.46. The Bertz CT molecular complexity index is 377. The van der Waals surface area contributed by atoms with E-state index < -0.39 is 0 Å². The Morgan fingerprint density at radius 2 is 2.12 bits per heavy atom. The summed E-state index contributed by atoms with van der Waals surface area (Å²) in [4.78, 5) is 0. The zero-order valence-electron chi connectivity index (χ0n) is 9.40. The minimum Gasteiger partial charge on any atom is -0.504 e. The first kappa shape index (κ1) is 11.1. The highest BCUT2D eigenvalue weighted by molar-refractivity contribution is 5.55. The summed E-state index contributed by atoms with van der Waals surface area (Å²) in [6.45, 7) is 3.10. The molecule has 3 N–H and O–H groups in total. The van der Waals surface area contributed by atoms with Gasteiger partial charge >= 0.3 is 0 Å². The van der Waals surface area contributed by atoms with Crippen molar-refractivity contribution in [1.29, 1.82) is 0 Å². The van der Waals surface area contributed by atoms with Crippen molar-refractivity contribution >= 4 is 0 Å². The Morgan fingerprint density at radius 1 is 1.38 bits per heavy atom. The quantitative estimate of drug-likeness (QED) is 0.796. The van der Waals surface area contributed by atoms with Crippen molar-refractivity contribution in [1.82, 2.24) is 0 Å². The van der Waals surface area contributed by atoms with Crippen LogP contribution in [0.1, 0.15) is 18.9 Å². The van der Waals surface area contributed by atoms with E-state index in [4.69, 9.17) is 15.2 Å². The van der Waals surface area contributed by atoms with Crippen molar-refractivity contribution in [2.75, 3.05) is 13.2 Å². The zero-order valence-corrected chi connectivity index (χ0v) is 9.40. The van der Waals surface area contributed by atoms with Crippen LogP contribution in [0.25, 0.3) is 0 Å². The van der Waals surface area contributed by atoms with Gasteiger partial charge in [-0.05, 0) is 25.0 Å². The van der Waals surface area contributed by atoms with Crippen molar-refractivity contribution < 1.29 is 14.6 Å². The molecule has 88 valence electrons. The first-order chi connectivity index (χ1) is 7.68. The molecule has 0 fully saturated rings.